The van der Waals surface area contributed by atoms with Gasteiger partial charge in [0.15, 0.2) is 0 Å². The Labute approximate surface area is 124 Å². The molecule has 0 saturated heterocycles. The molecule has 110 valence electrons. The summed E-state index contributed by atoms with van der Waals surface area (Å²) < 4.78 is 0. The number of carbonyl (C=O) groups excluding carboxylic acids is 1. The fraction of sp³-hybridized carbons (Fsp3) is 0.176. The van der Waals surface area contributed by atoms with Crippen LogP contribution in [-0.2, 0) is 0 Å². The molecule has 0 radical (unpaired) electrons. The van der Waals surface area contributed by atoms with Crippen LogP contribution in [0, 0.1) is 0 Å². The van der Waals surface area contributed by atoms with Crippen molar-refractivity contribution in [3.05, 3.63) is 71.8 Å². The number of aromatic carboxylic acids is 1. The number of amides is 1. The molecule has 2 rings (SSSR count). The third kappa shape index (κ3) is 6.38. The molecule has 0 aromatic heterocycles. The summed E-state index contributed by atoms with van der Waals surface area (Å²) in [5.74, 6) is -0.888. The maximum Gasteiger partial charge on any atom is 0.335 e. The molecule has 0 unspecified atom stereocenters. The average molecular weight is 285 g/mol. The van der Waals surface area contributed by atoms with E-state index in [2.05, 4.69) is 5.32 Å². The Morgan fingerprint density at radius 1 is 0.857 bits per heavy atom. The van der Waals surface area contributed by atoms with Crippen molar-refractivity contribution in [1.29, 1.82) is 0 Å². The van der Waals surface area contributed by atoms with E-state index in [-0.39, 0.29) is 11.9 Å². The summed E-state index contributed by atoms with van der Waals surface area (Å²) >= 11 is 0. The minimum absolute atomic E-state index is 0.00870. The second kappa shape index (κ2) is 8.53. The number of carboxylic acids is 1. The van der Waals surface area contributed by atoms with Gasteiger partial charge in [-0.05, 0) is 38.1 Å². The topological polar surface area (TPSA) is 66.4 Å². The Hall–Kier alpha value is -2.62. The monoisotopic (exact) mass is 285 g/mol. The van der Waals surface area contributed by atoms with Crippen LogP contribution in [0.3, 0.4) is 0 Å². The normalized spacial score (nSPS) is 9.48. The van der Waals surface area contributed by atoms with Crippen LogP contribution >= 0.6 is 0 Å². The van der Waals surface area contributed by atoms with Crippen LogP contribution in [0.1, 0.15) is 34.6 Å². The molecule has 21 heavy (non-hydrogen) atoms. The van der Waals surface area contributed by atoms with Crippen LogP contribution in [0.2, 0.25) is 0 Å². The molecule has 0 heterocycles. The van der Waals surface area contributed by atoms with Crippen molar-refractivity contribution < 1.29 is 14.7 Å². The number of carboxylic acid groups (broad SMARTS) is 1. The molecule has 0 aliphatic carbocycles. The third-order valence-electron chi connectivity index (χ3n) is 2.48. The summed E-state index contributed by atoms with van der Waals surface area (Å²) in [7, 11) is 0. The summed E-state index contributed by atoms with van der Waals surface area (Å²) in [6, 6.07) is 17.7. The zero-order valence-corrected chi connectivity index (χ0v) is 12.1. The van der Waals surface area contributed by atoms with E-state index in [4.69, 9.17) is 5.11 Å². The number of carbonyl (C=O) groups is 2. The lowest BCUT2D eigenvalue weighted by Crippen LogP contribution is -2.29. The molecule has 1 amide bonds. The smallest absolute Gasteiger partial charge is 0.335 e. The van der Waals surface area contributed by atoms with Crippen LogP contribution in [-0.4, -0.2) is 23.0 Å². The molecule has 0 bridgehead atoms. The Bertz CT molecular complexity index is 565. The van der Waals surface area contributed by atoms with E-state index in [1.807, 2.05) is 32.0 Å². The highest BCUT2D eigenvalue weighted by Gasteiger charge is 2.04. The third-order valence-corrected chi connectivity index (χ3v) is 2.48. The quantitative estimate of drug-likeness (QED) is 0.910. The van der Waals surface area contributed by atoms with Gasteiger partial charge >= 0.3 is 5.97 Å². The van der Waals surface area contributed by atoms with E-state index < -0.39 is 5.97 Å². The molecule has 4 heteroatoms. The van der Waals surface area contributed by atoms with Crippen molar-refractivity contribution in [3.63, 3.8) is 0 Å². The first-order valence-electron chi connectivity index (χ1n) is 6.65. The number of hydrogen-bond donors (Lipinski definition) is 2. The molecular formula is C17H19NO3. The standard InChI is InChI=1S/C10H13NO.C7H6O2/c1-8(2)11-10(12)9-6-4-3-5-7-9;8-7(9)6-4-2-1-3-5-6/h3-8H,1-2H3,(H,11,12);1-5H,(H,8,9). The number of hydrogen-bond acceptors (Lipinski definition) is 2. The Kier molecular flexibility index (Phi) is 6.68. The summed E-state index contributed by atoms with van der Waals surface area (Å²) in [6.45, 7) is 3.89. The van der Waals surface area contributed by atoms with Crippen molar-refractivity contribution in [1.82, 2.24) is 5.32 Å². The van der Waals surface area contributed by atoms with E-state index in [1.165, 1.54) is 0 Å². The second-order valence-corrected chi connectivity index (χ2v) is 4.67. The summed E-state index contributed by atoms with van der Waals surface area (Å²) in [5.41, 5.74) is 1.05. The highest BCUT2D eigenvalue weighted by Crippen LogP contribution is 1.98. The molecule has 2 N–H and O–H groups in total. The molecule has 2 aromatic carbocycles. The lowest BCUT2D eigenvalue weighted by Gasteiger charge is -2.07. The first-order valence-corrected chi connectivity index (χ1v) is 6.65. The van der Waals surface area contributed by atoms with E-state index in [0.717, 1.165) is 0 Å². The van der Waals surface area contributed by atoms with Gasteiger partial charge in [0.1, 0.15) is 0 Å². The van der Waals surface area contributed by atoms with Gasteiger partial charge in [-0.1, -0.05) is 36.4 Å². The predicted octanol–water partition coefficient (Wildman–Crippen LogP) is 3.21. The second-order valence-electron chi connectivity index (χ2n) is 4.67. The Balaban J connectivity index is 0.000000219. The molecular weight excluding hydrogens is 266 g/mol. The fourth-order valence-corrected chi connectivity index (χ4v) is 1.52. The summed E-state index contributed by atoms with van der Waals surface area (Å²) in [6.07, 6.45) is 0. The molecule has 2 aromatic rings. The first-order chi connectivity index (χ1) is 10.0. The molecule has 0 saturated carbocycles. The highest BCUT2D eigenvalue weighted by atomic mass is 16.4. The predicted molar refractivity (Wildman–Crippen MR) is 82.4 cm³/mol. The molecule has 4 nitrogen and oxygen atoms in total. The molecule has 0 atom stereocenters. The zero-order chi connectivity index (χ0) is 15.7. The first kappa shape index (κ1) is 16.4. The van der Waals surface area contributed by atoms with E-state index in [1.54, 1.807) is 42.5 Å². The van der Waals surface area contributed by atoms with E-state index in [0.29, 0.717) is 11.1 Å². The summed E-state index contributed by atoms with van der Waals surface area (Å²) in [5, 5.41) is 11.2. The van der Waals surface area contributed by atoms with Crippen molar-refractivity contribution in [2.24, 2.45) is 0 Å². The van der Waals surface area contributed by atoms with Crippen LogP contribution in [0.25, 0.3) is 0 Å². The number of nitrogens with one attached hydrogen (secondary N) is 1. The van der Waals surface area contributed by atoms with Crippen LogP contribution < -0.4 is 5.32 Å². The minimum Gasteiger partial charge on any atom is -0.478 e. The van der Waals surface area contributed by atoms with Gasteiger partial charge in [-0.25, -0.2) is 4.79 Å². The average Bonchev–Trinajstić information content (AvgIpc) is 2.49. The lowest BCUT2D eigenvalue weighted by atomic mass is 10.2. The zero-order valence-electron chi connectivity index (χ0n) is 12.1. The maximum absolute atomic E-state index is 11.3. The van der Waals surface area contributed by atoms with Crippen LogP contribution in [0.15, 0.2) is 60.7 Å². The van der Waals surface area contributed by atoms with Crippen molar-refractivity contribution in [2.75, 3.05) is 0 Å². The van der Waals surface area contributed by atoms with Gasteiger partial charge in [-0.3, -0.25) is 4.79 Å². The van der Waals surface area contributed by atoms with E-state index >= 15 is 0 Å². The molecule has 0 aliphatic heterocycles. The molecule has 0 fully saturated rings. The summed E-state index contributed by atoms with van der Waals surface area (Å²) in [4.78, 5) is 21.5. The van der Waals surface area contributed by atoms with Gasteiger partial charge in [0.05, 0.1) is 5.56 Å². The van der Waals surface area contributed by atoms with E-state index in [9.17, 15) is 9.59 Å². The number of benzene rings is 2. The SMILES string of the molecule is CC(C)NC(=O)c1ccccc1.O=C(O)c1ccccc1. The highest BCUT2D eigenvalue weighted by molar-refractivity contribution is 5.94. The molecule has 0 aliphatic rings. The Morgan fingerprint density at radius 3 is 1.62 bits per heavy atom. The van der Waals surface area contributed by atoms with Crippen molar-refractivity contribution in [2.45, 2.75) is 19.9 Å². The van der Waals surface area contributed by atoms with Crippen molar-refractivity contribution in [3.8, 4) is 0 Å². The fourth-order valence-electron chi connectivity index (χ4n) is 1.52. The Morgan fingerprint density at radius 2 is 1.29 bits per heavy atom. The van der Waals surface area contributed by atoms with Crippen LogP contribution in [0.5, 0.6) is 0 Å². The van der Waals surface area contributed by atoms with Gasteiger partial charge in [0.2, 0.25) is 0 Å². The van der Waals surface area contributed by atoms with Crippen LogP contribution in [0.4, 0.5) is 0 Å². The minimum atomic E-state index is -0.879. The maximum atomic E-state index is 11.3. The molecule has 0 spiro atoms. The van der Waals surface area contributed by atoms with Gasteiger partial charge < -0.3 is 10.4 Å². The van der Waals surface area contributed by atoms with Gasteiger partial charge in [-0.15, -0.1) is 0 Å². The number of rotatable bonds is 3. The lowest BCUT2D eigenvalue weighted by molar-refractivity contribution is 0.0696. The largest absolute Gasteiger partial charge is 0.478 e. The van der Waals surface area contributed by atoms with Gasteiger partial charge in [-0.2, -0.15) is 0 Å². The van der Waals surface area contributed by atoms with Crippen molar-refractivity contribution >= 4 is 11.9 Å². The van der Waals surface area contributed by atoms with Gasteiger partial charge in [0.25, 0.3) is 5.91 Å². The van der Waals surface area contributed by atoms with Gasteiger partial charge in [0, 0.05) is 11.6 Å².